The zero-order valence-corrected chi connectivity index (χ0v) is 8.26. The normalized spacial score (nSPS) is 14.6. The maximum absolute atomic E-state index is 11.1. The van der Waals surface area contributed by atoms with Gasteiger partial charge in [-0.3, -0.25) is 4.79 Å². The van der Waals surface area contributed by atoms with Gasteiger partial charge in [0.25, 0.3) is 0 Å². The lowest BCUT2D eigenvalue weighted by molar-refractivity contribution is -0.116. The van der Waals surface area contributed by atoms with Crippen molar-refractivity contribution in [2.45, 2.75) is 19.8 Å². The Hall–Kier alpha value is -1.58. The molecule has 0 aromatic carbocycles. The Morgan fingerprint density at radius 1 is 1.50 bits per heavy atom. The third-order valence-electron chi connectivity index (χ3n) is 2.39. The smallest absolute Gasteiger partial charge is 0.225 e. The molecule has 1 N–H and O–H groups in total. The number of hydrogen-bond donors (Lipinski definition) is 1. The molecule has 0 saturated heterocycles. The van der Waals surface area contributed by atoms with Crippen molar-refractivity contribution in [1.82, 2.24) is 4.98 Å². The Morgan fingerprint density at radius 2 is 2.29 bits per heavy atom. The summed E-state index contributed by atoms with van der Waals surface area (Å²) in [6.45, 7) is 2.00. The Balaban J connectivity index is 2.48. The molecule has 0 bridgehead atoms. The van der Waals surface area contributed by atoms with E-state index >= 15 is 0 Å². The molecule has 4 nitrogen and oxygen atoms in total. The van der Waals surface area contributed by atoms with Crippen LogP contribution in [-0.2, 0) is 11.2 Å². The third-order valence-corrected chi connectivity index (χ3v) is 2.39. The largest absolute Gasteiger partial charge is 0.481 e. The Kier molecular flexibility index (Phi) is 2.11. The highest BCUT2D eigenvalue weighted by molar-refractivity contribution is 5.93. The van der Waals surface area contributed by atoms with Gasteiger partial charge in [-0.15, -0.1) is 0 Å². The zero-order chi connectivity index (χ0) is 10.1. The van der Waals surface area contributed by atoms with E-state index in [1.54, 1.807) is 7.11 Å². The van der Waals surface area contributed by atoms with Gasteiger partial charge in [0, 0.05) is 12.5 Å². The molecule has 0 spiro atoms. The molecule has 74 valence electrons. The van der Waals surface area contributed by atoms with E-state index in [1.165, 1.54) is 0 Å². The monoisotopic (exact) mass is 192 g/mol. The summed E-state index contributed by atoms with van der Waals surface area (Å²) in [6.07, 6.45) is 1.31. The fourth-order valence-electron chi connectivity index (χ4n) is 1.63. The summed E-state index contributed by atoms with van der Waals surface area (Å²) in [5, 5.41) is 2.75. The second kappa shape index (κ2) is 3.29. The first kappa shape index (κ1) is 8.99. The fraction of sp³-hybridized carbons (Fsp3) is 0.400. The predicted octanol–water partition coefficient (Wildman–Crippen LogP) is 1.28. The molecule has 0 atom stereocenters. The van der Waals surface area contributed by atoms with Gasteiger partial charge in [0.1, 0.15) is 5.82 Å². The molecule has 1 aliphatic rings. The Bertz CT molecular complexity index is 388. The van der Waals surface area contributed by atoms with Gasteiger partial charge in [0.05, 0.1) is 7.11 Å². The third kappa shape index (κ3) is 1.43. The summed E-state index contributed by atoms with van der Waals surface area (Å²) < 4.78 is 5.03. The molecular formula is C10H12N2O2. The number of nitrogens with zero attached hydrogens (tertiary/aromatic N) is 1. The quantitative estimate of drug-likeness (QED) is 0.729. The number of hydrogen-bond acceptors (Lipinski definition) is 3. The lowest BCUT2D eigenvalue weighted by Gasteiger charge is -2.18. The van der Waals surface area contributed by atoms with E-state index in [2.05, 4.69) is 10.3 Å². The summed E-state index contributed by atoms with van der Waals surface area (Å²) in [6, 6.07) is 1.89. The fourth-order valence-corrected chi connectivity index (χ4v) is 1.63. The van der Waals surface area contributed by atoms with Gasteiger partial charge >= 0.3 is 0 Å². The number of aromatic nitrogens is 1. The van der Waals surface area contributed by atoms with Gasteiger partial charge in [-0.1, -0.05) is 0 Å². The molecule has 2 rings (SSSR count). The van der Waals surface area contributed by atoms with E-state index in [1.807, 2.05) is 13.0 Å². The van der Waals surface area contributed by atoms with Crippen molar-refractivity contribution in [2.24, 2.45) is 0 Å². The van der Waals surface area contributed by atoms with Gasteiger partial charge in [-0.25, -0.2) is 0 Å². The lowest BCUT2D eigenvalue weighted by Crippen LogP contribution is -2.21. The van der Waals surface area contributed by atoms with Crippen molar-refractivity contribution in [3.8, 4) is 5.88 Å². The average Bonchev–Trinajstić information content (AvgIpc) is 2.16. The number of methoxy groups -OCH3 is 1. The second-order valence-corrected chi connectivity index (χ2v) is 3.36. The maximum atomic E-state index is 11.1. The number of pyridine rings is 1. The highest BCUT2D eigenvalue weighted by Crippen LogP contribution is 2.26. The molecule has 1 aromatic heterocycles. The number of aryl methyl sites for hydroxylation is 1. The van der Waals surface area contributed by atoms with Crippen LogP contribution in [0.5, 0.6) is 5.88 Å². The van der Waals surface area contributed by atoms with Crippen LogP contribution in [0.15, 0.2) is 6.07 Å². The van der Waals surface area contributed by atoms with E-state index in [0.29, 0.717) is 18.1 Å². The number of nitrogens with one attached hydrogen (secondary N) is 1. The molecule has 0 aliphatic carbocycles. The van der Waals surface area contributed by atoms with Crippen molar-refractivity contribution in [1.29, 1.82) is 0 Å². The van der Waals surface area contributed by atoms with Crippen molar-refractivity contribution in [3.05, 3.63) is 17.2 Å². The van der Waals surface area contributed by atoms with Gasteiger partial charge in [0.2, 0.25) is 11.8 Å². The highest BCUT2D eigenvalue weighted by Gasteiger charge is 2.18. The number of carbonyl (C=O) groups is 1. The summed E-state index contributed by atoms with van der Waals surface area (Å²) >= 11 is 0. The summed E-state index contributed by atoms with van der Waals surface area (Å²) in [4.78, 5) is 15.3. The first-order valence-electron chi connectivity index (χ1n) is 4.55. The van der Waals surface area contributed by atoms with E-state index in [9.17, 15) is 4.79 Å². The molecule has 0 radical (unpaired) electrons. The van der Waals surface area contributed by atoms with Gasteiger partial charge in [0.15, 0.2) is 0 Å². The van der Waals surface area contributed by atoms with E-state index in [-0.39, 0.29) is 5.91 Å². The van der Waals surface area contributed by atoms with Crippen LogP contribution in [-0.4, -0.2) is 18.0 Å². The van der Waals surface area contributed by atoms with Crippen LogP contribution < -0.4 is 10.1 Å². The number of ether oxygens (including phenoxy) is 1. The standard InChI is InChI=1S/C10H12N2O2/c1-6-5-9(14-2)12-10-7(6)3-4-8(13)11-10/h5H,3-4H2,1-2H3,(H,11,12,13). The summed E-state index contributed by atoms with van der Waals surface area (Å²) in [7, 11) is 1.57. The van der Waals surface area contributed by atoms with Crippen molar-refractivity contribution in [3.63, 3.8) is 0 Å². The van der Waals surface area contributed by atoms with E-state index in [4.69, 9.17) is 4.74 Å². The molecule has 4 heteroatoms. The van der Waals surface area contributed by atoms with E-state index < -0.39 is 0 Å². The van der Waals surface area contributed by atoms with Gasteiger partial charge in [-0.05, 0) is 24.5 Å². The number of rotatable bonds is 1. The molecule has 0 saturated carbocycles. The minimum absolute atomic E-state index is 0.0256. The predicted molar refractivity (Wildman–Crippen MR) is 52.5 cm³/mol. The average molecular weight is 192 g/mol. The van der Waals surface area contributed by atoms with Crippen LogP contribution in [0, 0.1) is 6.92 Å². The number of fused-ring (bicyclic) bond motifs is 1. The zero-order valence-electron chi connectivity index (χ0n) is 8.26. The van der Waals surface area contributed by atoms with Crippen LogP contribution in [0.2, 0.25) is 0 Å². The molecular weight excluding hydrogens is 180 g/mol. The van der Waals surface area contributed by atoms with Crippen LogP contribution in [0.1, 0.15) is 17.5 Å². The molecule has 1 aliphatic heterocycles. The minimum atomic E-state index is 0.0256. The minimum Gasteiger partial charge on any atom is -0.481 e. The maximum Gasteiger partial charge on any atom is 0.225 e. The van der Waals surface area contributed by atoms with Crippen LogP contribution in [0.25, 0.3) is 0 Å². The molecule has 0 fully saturated rings. The Morgan fingerprint density at radius 3 is 3.00 bits per heavy atom. The first-order valence-corrected chi connectivity index (χ1v) is 4.55. The first-order chi connectivity index (χ1) is 6.70. The SMILES string of the molecule is COc1cc(C)c2c(n1)NC(=O)CC2. The second-order valence-electron chi connectivity index (χ2n) is 3.36. The van der Waals surface area contributed by atoms with Crippen molar-refractivity contribution < 1.29 is 9.53 Å². The van der Waals surface area contributed by atoms with Crippen LogP contribution >= 0.6 is 0 Å². The molecule has 0 unspecified atom stereocenters. The van der Waals surface area contributed by atoms with Crippen LogP contribution in [0.4, 0.5) is 5.82 Å². The summed E-state index contributed by atoms with van der Waals surface area (Å²) in [5.41, 5.74) is 2.23. The van der Waals surface area contributed by atoms with Crippen LogP contribution in [0.3, 0.4) is 0 Å². The van der Waals surface area contributed by atoms with Gasteiger partial charge in [-0.2, -0.15) is 4.98 Å². The van der Waals surface area contributed by atoms with E-state index in [0.717, 1.165) is 17.5 Å². The topological polar surface area (TPSA) is 51.2 Å². The molecule has 1 amide bonds. The number of amides is 1. The molecule has 1 aromatic rings. The number of carbonyl (C=O) groups excluding carboxylic acids is 1. The van der Waals surface area contributed by atoms with Crippen molar-refractivity contribution in [2.75, 3.05) is 12.4 Å². The van der Waals surface area contributed by atoms with Gasteiger partial charge < -0.3 is 10.1 Å². The molecule has 14 heavy (non-hydrogen) atoms. The number of anilines is 1. The highest BCUT2D eigenvalue weighted by atomic mass is 16.5. The lowest BCUT2D eigenvalue weighted by atomic mass is 10.0. The Labute approximate surface area is 82.3 Å². The molecule has 2 heterocycles. The summed E-state index contributed by atoms with van der Waals surface area (Å²) in [5.74, 6) is 1.22. The van der Waals surface area contributed by atoms with Crippen molar-refractivity contribution >= 4 is 11.7 Å².